The number of carbonyl (C=O) groups is 1. The van der Waals surface area contributed by atoms with E-state index in [2.05, 4.69) is 4.99 Å². The number of primary amides is 1. The summed E-state index contributed by atoms with van der Waals surface area (Å²) < 4.78 is 13.7. The Morgan fingerprint density at radius 3 is 2.89 bits per heavy atom. The first-order valence-electron chi connectivity index (χ1n) is 6.07. The standard InChI is InChI=1S/C13H16FN3OS/c1-2-13(5-6-17-12(16)19-13)9-7-8(11(15)18)3-4-10(9)14/h3-4,7H,2,5-6H2,1H3,(H2,15,18)(H2,16,17)/t13-/m0/s1. The third-order valence-corrected chi connectivity index (χ3v) is 4.84. The summed E-state index contributed by atoms with van der Waals surface area (Å²) in [6.07, 6.45) is 1.39. The summed E-state index contributed by atoms with van der Waals surface area (Å²) in [5.41, 5.74) is 11.8. The minimum Gasteiger partial charge on any atom is -0.379 e. The van der Waals surface area contributed by atoms with Crippen LogP contribution in [0, 0.1) is 5.82 Å². The van der Waals surface area contributed by atoms with Crippen molar-refractivity contribution in [1.29, 1.82) is 0 Å². The summed E-state index contributed by atoms with van der Waals surface area (Å²) in [4.78, 5) is 15.4. The maximum atomic E-state index is 14.1. The topological polar surface area (TPSA) is 81.5 Å². The van der Waals surface area contributed by atoms with Crippen molar-refractivity contribution in [2.45, 2.75) is 24.5 Å². The number of aliphatic imine (C=N–C) groups is 1. The summed E-state index contributed by atoms with van der Waals surface area (Å²) in [5, 5.41) is 0.456. The van der Waals surface area contributed by atoms with Crippen molar-refractivity contribution in [1.82, 2.24) is 0 Å². The zero-order valence-corrected chi connectivity index (χ0v) is 11.5. The van der Waals surface area contributed by atoms with E-state index in [-0.39, 0.29) is 5.82 Å². The van der Waals surface area contributed by atoms with Gasteiger partial charge in [-0.3, -0.25) is 9.79 Å². The zero-order chi connectivity index (χ0) is 14.0. The van der Waals surface area contributed by atoms with Gasteiger partial charge in [-0.25, -0.2) is 4.39 Å². The Morgan fingerprint density at radius 2 is 2.32 bits per heavy atom. The highest BCUT2D eigenvalue weighted by molar-refractivity contribution is 8.14. The summed E-state index contributed by atoms with van der Waals surface area (Å²) in [5.74, 6) is -0.899. The molecule has 0 saturated carbocycles. The van der Waals surface area contributed by atoms with E-state index in [1.165, 1.54) is 30.0 Å². The maximum Gasteiger partial charge on any atom is 0.248 e. The Morgan fingerprint density at radius 1 is 1.58 bits per heavy atom. The molecule has 4 nitrogen and oxygen atoms in total. The summed E-state index contributed by atoms with van der Waals surface area (Å²) in [6, 6.07) is 4.22. The number of hydrogen-bond donors (Lipinski definition) is 2. The van der Waals surface area contributed by atoms with Gasteiger partial charge < -0.3 is 11.5 Å². The molecule has 0 aliphatic carbocycles. The fourth-order valence-electron chi connectivity index (χ4n) is 2.29. The lowest BCUT2D eigenvalue weighted by atomic mass is 9.90. The number of nitrogens with two attached hydrogens (primary N) is 2. The zero-order valence-electron chi connectivity index (χ0n) is 10.6. The van der Waals surface area contributed by atoms with Crippen LogP contribution in [0.1, 0.15) is 35.7 Å². The monoisotopic (exact) mass is 281 g/mol. The van der Waals surface area contributed by atoms with Gasteiger partial charge in [0.2, 0.25) is 5.91 Å². The van der Waals surface area contributed by atoms with Gasteiger partial charge in [-0.1, -0.05) is 18.7 Å². The van der Waals surface area contributed by atoms with Gasteiger partial charge >= 0.3 is 0 Å². The minimum atomic E-state index is -0.560. The van der Waals surface area contributed by atoms with Gasteiger partial charge in [-0.05, 0) is 31.0 Å². The van der Waals surface area contributed by atoms with Crippen LogP contribution in [-0.2, 0) is 4.75 Å². The number of nitrogens with zero attached hydrogens (tertiary/aromatic N) is 1. The third kappa shape index (κ3) is 2.58. The summed E-state index contributed by atoms with van der Waals surface area (Å²) in [7, 11) is 0. The van der Waals surface area contributed by atoms with Crippen LogP contribution in [0.25, 0.3) is 0 Å². The van der Waals surface area contributed by atoms with Crippen molar-refractivity contribution in [3.63, 3.8) is 0 Å². The molecule has 0 unspecified atom stereocenters. The first-order valence-corrected chi connectivity index (χ1v) is 6.89. The molecule has 1 aliphatic rings. The number of thioether (sulfide) groups is 1. The number of hydrogen-bond acceptors (Lipinski definition) is 4. The van der Waals surface area contributed by atoms with Gasteiger partial charge in [0.15, 0.2) is 5.17 Å². The van der Waals surface area contributed by atoms with E-state index >= 15 is 0 Å². The summed E-state index contributed by atoms with van der Waals surface area (Å²) >= 11 is 1.36. The normalized spacial score (nSPS) is 22.9. The van der Waals surface area contributed by atoms with Crippen molar-refractivity contribution in [2.24, 2.45) is 16.5 Å². The molecule has 0 saturated heterocycles. The molecule has 6 heteroatoms. The molecule has 0 bridgehead atoms. The van der Waals surface area contributed by atoms with Gasteiger partial charge in [0, 0.05) is 17.7 Å². The van der Waals surface area contributed by atoms with E-state index in [1.54, 1.807) is 0 Å². The molecule has 1 aromatic carbocycles. The molecule has 1 heterocycles. The lowest BCUT2D eigenvalue weighted by Gasteiger charge is -2.35. The quantitative estimate of drug-likeness (QED) is 0.889. The van der Waals surface area contributed by atoms with Crippen LogP contribution in [-0.4, -0.2) is 17.6 Å². The number of carbonyl (C=O) groups excluding carboxylic acids is 1. The highest BCUT2D eigenvalue weighted by Crippen LogP contribution is 2.46. The largest absolute Gasteiger partial charge is 0.379 e. The Kier molecular flexibility index (Phi) is 3.80. The highest BCUT2D eigenvalue weighted by Gasteiger charge is 2.37. The van der Waals surface area contributed by atoms with Crippen molar-refractivity contribution in [3.8, 4) is 0 Å². The molecule has 0 spiro atoms. The number of amides is 1. The fraction of sp³-hybridized carbons (Fsp3) is 0.385. The molecule has 2 rings (SSSR count). The van der Waals surface area contributed by atoms with E-state index in [0.29, 0.717) is 35.7 Å². The molecule has 1 atom stereocenters. The Balaban J connectivity index is 2.51. The Bertz CT molecular complexity index is 547. The molecule has 19 heavy (non-hydrogen) atoms. The van der Waals surface area contributed by atoms with E-state index < -0.39 is 10.7 Å². The number of rotatable bonds is 3. The van der Waals surface area contributed by atoms with Gasteiger partial charge in [0.1, 0.15) is 5.82 Å². The van der Waals surface area contributed by atoms with E-state index in [4.69, 9.17) is 11.5 Å². The fourth-order valence-corrected chi connectivity index (χ4v) is 3.45. The number of benzene rings is 1. The molecule has 0 aromatic heterocycles. The van der Waals surface area contributed by atoms with Crippen molar-refractivity contribution >= 4 is 22.8 Å². The van der Waals surface area contributed by atoms with E-state index in [9.17, 15) is 9.18 Å². The van der Waals surface area contributed by atoms with Crippen LogP contribution in [0.3, 0.4) is 0 Å². The minimum absolute atomic E-state index is 0.311. The lowest BCUT2D eigenvalue weighted by Crippen LogP contribution is -2.32. The second-order valence-corrected chi connectivity index (χ2v) is 5.88. The maximum absolute atomic E-state index is 14.1. The van der Waals surface area contributed by atoms with Crippen LogP contribution < -0.4 is 11.5 Å². The molecule has 102 valence electrons. The van der Waals surface area contributed by atoms with Crippen molar-refractivity contribution in [2.75, 3.05) is 6.54 Å². The van der Waals surface area contributed by atoms with Gasteiger partial charge in [0.05, 0.1) is 4.75 Å². The van der Waals surface area contributed by atoms with Crippen LogP contribution in [0.15, 0.2) is 23.2 Å². The second kappa shape index (κ2) is 5.21. The predicted octanol–water partition coefficient (Wildman–Crippen LogP) is 1.98. The smallest absolute Gasteiger partial charge is 0.248 e. The summed E-state index contributed by atoms with van der Waals surface area (Å²) in [6.45, 7) is 2.54. The molecular weight excluding hydrogens is 265 g/mol. The molecule has 1 amide bonds. The van der Waals surface area contributed by atoms with E-state index in [0.717, 1.165) is 0 Å². The first kappa shape index (κ1) is 13.9. The third-order valence-electron chi connectivity index (χ3n) is 3.40. The van der Waals surface area contributed by atoms with Gasteiger partial charge in [-0.15, -0.1) is 0 Å². The predicted molar refractivity (Wildman–Crippen MR) is 75.6 cm³/mol. The van der Waals surface area contributed by atoms with Crippen molar-refractivity contribution < 1.29 is 9.18 Å². The highest BCUT2D eigenvalue weighted by atomic mass is 32.2. The molecular formula is C13H16FN3OS. The molecule has 0 fully saturated rings. The average molecular weight is 281 g/mol. The van der Waals surface area contributed by atoms with Crippen LogP contribution in [0.2, 0.25) is 0 Å². The Labute approximate surface area is 115 Å². The lowest BCUT2D eigenvalue weighted by molar-refractivity contribution is 0.1000. The van der Waals surface area contributed by atoms with Crippen LogP contribution >= 0.6 is 11.8 Å². The van der Waals surface area contributed by atoms with Gasteiger partial charge in [-0.2, -0.15) is 0 Å². The average Bonchev–Trinajstić information content (AvgIpc) is 2.38. The van der Waals surface area contributed by atoms with Crippen molar-refractivity contribution in [3.05, 3.63) is 35.1 Å². The van der Waals surface area contributed by atoms with Gasteiger partial charge in [0.25, 0.3) is 0 Å². The number of amidine groups is 1. The van der Waals surface area contributed by atoms with Crippen LogP contribution in [0.5, 0.6) is 0 Å². The second-order valence-electron chi connectivity index (χ2n) is 4.48. The first-order chi connectivity index (χ1) is 8.98. The molecule has 0 radical (unpaired) electrons. The Hall–Kier alpha value is -1.56. The molecule has 1 aromatic rings. The van der Waals surface area contributed by atoms with E-state index in [1.807, 2.05) is 6.92 Å². The SMILES string of the molecule is CC[C@@]1(c2cc(C(N)=O)ccc2F)CCN=C(N)S1. The van der Waals surface area contributed by atoms with Crippen LogP contribution in [0.4, 0.5) is 4.39 Å². The number of halogens is 1. The molecule has 4 N–H and O–H groups in total. The molecule has 1 aliphatic heterocycles.